The molecule has 0 radical (unpaired) electrons. The fourth-order valence-corrected chi connectivity index (χ4v) is 3.41. The van der Waals surface area contributed by atoms with Gasteiger partial charge in [0.2, 0.25) is 5.91 Å². The second-order valence-corrected chi connectivity index (χ2v) is 9.59. The van der Waals surface area contributed by atoms with Crippen molar-refractivity contribution in [3.8, 4) is 0 Å². The fraction of sp³-hybridized carbons (Fsp3) is 0.810. The van der Waals surface area contributed by atoms with E-state index in [9.17, 15) is 19.2 Å². The molecule has 1 aliphatic heterocycles. The zero-order valence-corrected chi connectivity index (χ0v) is 18.2. The summed E-state index contributed by atoms with van der Waals surface area (Å²) in [5, 5.41) is 5.40. The van der Waals surface area contributed by atoms with Crippen molar-refractivity contribution in [1.82, 2.24) is 15.5 Å². The van der Waals surface area contributed by atoms with Crippen LogP contribution < -0.4 is 10.6 Å². The fourth-order valence-electron chi connectivity index (χ4n) is 3.41. The normalized spacial score (nSPS) is 21.4. The van der Waals surface area contributed by atoms with E-state index in [1.807, 2.05) is 34.6 Å². The number of carbonyl (C=O) groups is 4. The molecule has 164 valence electrons. The zero-order valence-electron chi connectivity index (χ0n) is 18.2. The quantitative estimate of drug-likeness (QED) is 0.470. The number of esters is 1. The van der Waals surface area contributed by atoms with E-state index in [-0.39, 0.29) is 11.8 Å². The highest BCUT2D eigenvalue weighted by Gasteiger charge is 2.40. The van der Waals surface area contributed by atoms with Gasteiger partial charge in [-0.05, 0) is 42.9 Å². The van der Waals surface area contributed by atoms with Crippen molar-refractivity contribution >= 4 is 24.2 Å². The Kier molecular flexibility index (Phi) is 7.66. The summed E-state index contributed by atoms with van der Waals surface area (Å²) < 4.78 is 5.32. The van der Waals surface area contributed by atoms with Crippen LogP contribution in [0.1, 0.15) is 60.3 Å². The average Bonchev–Trinajstić information content (AvgIpc) is 3.34. The topological polar surface area (TPSA) is 105 Å². The number of likely N-dealkylation sites (tertiary alicyclic amines) is 1. The van der Waals surface area contributed by atoms with Crippen LogP contribution in [0, 0.1) is 17.3 Å². The number of aldehydes is 1. The van der Waals surface area contributed by atoms with Crippen LogP contribution in [0.2, 0.25) is 0 Å². The molecular weight excluding hydrogens is 374 g/mol. The summed E-state index contributed by atoms with van der Waals surface area (Å²) in [6.45, 7) is 10.1. The second kappa shape index (κ2) is 9.59. The van der Waals surface area contributed by atoms with E-state index in [0.29, 0.717) is 25.5 Å². The number of nitrogens with one attached hydrogen (secondary N) is 2. The minimum atomic E-state index is -0.821. The minimum Gasteiger partial charge on any atom is -0.464 e. The summed E-state index contributed by atoms with van der Waals surface area (Å²) in [4.78, 5) is 50.9. The van der Waals surface area contributed by atoms with E-state index in [0.717, 1.165) is 25.5 Å². The van der Waals surface area contributed by atoms with Gasteiger partial charge in [-0.1, -0.05) is 34.6 Å². The molecule has 1 saturated carbocycles. The summed E-state index contributed by atoms with van der Waals surface area (Å²) in [5.41, 5.74) is -0.565. The molecule has 1 heterocycles. The lowest BCUT2D eigenvalue weighted by Crippen LogP contribution is -2.59. The van der Waals surface area contributed by atoms with Gasteiger partial charge in [0.25, 0.3) is 0 Å². The Morgan fingerprint density at radius 1 is 1.14 bits per heavy atom. The van der Waals surface area contributed by atoms with Crippen LogP contribution in [-0.4, -0.2) is 60.4 Å². The van der Waals surface area contributed by atoms with Crippen molar-refractivity contribution < 1.29 is 23.9 Å². The number of rotatable bonds is 8. The Bertz CT molecular complexity index is 624. The number of hydrogen-bond donors (Lipinski definition) is 2. The van der Waals surface area contributed by atoms with Crippen molar-refractivity contribution in [1.29, 1.82) is 0 Å². The SMILES string of the molecule is CC(C)C(NC(=O)NC(C(=O)N1CCCC1C=O)C(C)(C)C)C(=O)OCC1CC1. The number of ether oxygens (including phenoxy) is 1. The van der Waals surface area contributed by atoms with Gasteiger partial charge in [0.15, 0.2) is 0 Å². The third-order valence-electron chi connectivity index (χ3n) is 5.49. The molecule has 3 atom stereocenters. The van der Waals surface area contributed by atoms with Gasteiger partial charge in [0, 0.05) is 6.54 Å². The summed E-state index contributed by atoms with van der Waals surface area (Å²) >= 11 is 0. The Morgan fingerprint density at radius 2 is 1.79 bits per heavy atom. The van der Waals surface area contributed by atoms with Crippen LogP contribution in [0.5, 0.6) is 0 Å². The average molecular weight is 410 g/mol. The molecule has 1 saturated heterocycles. The summed E-state index contributed by atoms with van der Waals surface area (Å²) in [5.74, 6) is -0.454. The first-order valence-corrected chi connectivity index (χ1v) is 10.5. The highest BCUT2D eigenvalue weighted by molar-refractivity contribution is 5.91. The number of nitrogens with zero attached hydrogens (tertiary/aromatic N) is 1. The van der Waals surface area contributed by atoms with Crippen molar-refractivity contribution in [2.45, 2.75) is 78.4 Å². The lowest BCUT2D eigenvalue weighted by atomic mass is 9.85. The first kappa shape index (κ1) is 23.2. The zero-order chi connectivity index (χ0) is 21.8. The first-order valence-electron chi connectivity index (χ1n) is 10.5. The second-order valence-electron chi connectivity index (χ2n) is 9.59. The van der Waals surface area contributed by atoms with Crippen LogP contribution in [0.4, 0.5) is 4.79 Å². The molecule has 2 rings (SSSR count). The summed E-state index contributed by atoms with van der Waals surface area (Å²) in [6.07, 6.45) is 4.33. The third-order valence-corrected chi connectivity index (χ3v) is 5.49. The lowest BCUT2D eigenvalue weighted by Gasteiger charge is -2.35. The van der Waals surface area contributed by atoms with Crippen LogP contribution in [0.25, 0.3) is 0 Å². The van der Waals surface area contributed by atoms with E-state index in [1.165, 1.54) is 4.90 Å². The molecule has 0 aromatic heterocycles. The number of amides is 3. The molecule has 2 aliphatic rings. The van der Waals surface area contributed by atoms with Crippen LogP contribution in [-0.2, 0) is 19.1 Å². The maximum Gasteiger partial charge on any atom is 0.328 e. The standard InChI is InChI=1S/C21H35N3O5/c1-13(2)16(19(27)29-12-14-8-9-14)22-20(28)23-17(21(3,4)5)18(26)24-10-6-7-15(24)11-25/h11,13-17H,6-10,12H2,1-5H3,(H2,22,23,28). The molecule has 29 heavy (non-hydrogen) atoms. The molecule has 8 heteroatoms. The van der Waals surface area contributed by atoms with Gasteiger partial charge in [-0.15, -0.1) is 0 Å². The Balaban J connectivity index is 2.02. The predicted molar refractivity (Wildman–Crippen MR) is 108 cm³/mol. The van der Waals surface area contributed by atoms with Gasteiger partial charge in [0.05, 0.1) is 12.6 Å². The monoisotopic (exact) mass is 409 g/mol. The molecule has 3 amide bonds. The Hall–Kier alpha value is -2.12. The van der Waals surface area contributed by atoms with Crippen LogP contribution in [0.3, 0.4) is 0 Å². The molecule has 0 spiro atoms. The largest absolute Gasteiger partial charge is 0.464 e. The maximum atomic E-state index is 13.1. The number of hydrogen-bond acceptors (Lipinski definition) is 5. The molecule has 2 fully saturated rings. The van der Waals surface area contributed by atoms with Gasteiger partial charge in [0.1, 0.15) is 18.4 Å². The molecular formula is C21H35N3O5. The molecule has 2 N–H and O–H groups in total. The van der Waals surface area contributed by atoms with Gasteiger partial charge < -0.3 is 25.1 Å². The van der Waals surface area contributed by atoms with Gasteiger partial charge >= 0.3 is 12.0 Å². The van der Waals surface area contributed by atoms with Crippen molar-refractivity contribution in [2.75, 3.05) is 13.2 Å². The Morgan fingerprint density at radius 3 is 2.31 bits per heavy atom. The highest BCUT2D eigenvalue weighted by atomic mass is 16.5. The number of carbonyl (C=O) groups excluding carboxylic acids is 4. The van der Waals surface area contributed by atoms with Crippen molar-refractivity contribution in [3.63, 3.8) is 0 Å². The van der Waals surface area contributed by atoms with Gasteiger partial charge in [-0.2, -0.15) is 0 Å². The summed E-state index contributed by atoms with van der Waals surface area (Å²) in [6, 6.07) is -2.66. The first-order chi connectivity index (χ1) is 13.5. The van der Waals surface area contributed by atoms with Crippen molar-refractivity contribution in [3.05, 3.63) is 0 Å². The third kappa shape index (κ3) is 6.44. The van der Waals surface area contributed by atoms with Crippen LogP contribution in [0.15, 0.2) is 0 Å². The van der Waals surface area contributed by atoms with Gasteiger partial charge in [-0.3, -0.25) is 4.79 Å². The van der Waals surface area contributed by atoms with Crippen molar-refractivity contribution in [2.24, 2.45) is 17.3 Å². The lowest BCUT2D eigenvalue weighted by molar-refractivity contribution is -0.147. The van der Waals surface area contributed by atoms with E-state index in [4.69, 9.17) is 4.74 Å². The van der Waals surface area contributed by atoms with E-state index in [2.05, 4.69) is 10.6 Å². The van der Waals surface area contributed by atoms with Crippen LogP contribution >= 0.6 is 0 Å². The maximum absolute atomic E-state index is 13.1. The smallest absolute Gasteiger partial charge is 0.328 e. The molecule has 0 bridgehead atoms. The molecule has 0 aromatic rings. The Labute approximate surface area is 173 Å². The highest BCUT2D eigenvalue weighted by Crippen LogP contribution is 2.29. The molecule has 1 aliphatic carbocycles. The van der Waals surface area contributed by atoms with E-state index in [1.54, 1.807) is 0 Å². The number of urea groups is 1. The summed E-state index contributed by atoms with van der Waals surface area (Å²) in [7, 11) is 0. The molecule has 8 nitrogen and oxygen atoms in total. The molecule has 0 aromatic carbocycles. The van der Waals surface area contributed by atoms with E-state index >= 15 is 0 Å². The van der Waals surface area contributed by atoms with Gasteiger partial charge in [-0.25, -0.2) is 9.59 Å². The van der Waals surface area contributed by atoms with E-state index < -0.39 is 35.5 Å². The molecule has 3 unspecified atom stereocenters. The minimum absolute atomic E-state index is 0.158. The predicted octanol–water partition coefficient (Wildman–Crippen LogP) is 1.87.